The monoisotopic (exact) mass is 291 g/mol. The lowest BCUT2D eigenvalue weighted by Crippen LogP contribution is -2.15. The van der Waals surface area contributed by atoms with Gasteiger partial charge < -0.3 is 16.8 Å². The molecule has 20 heavy (non-hydrogen) atoms. The van der Waals surface area contributed by atoms with Gasteiger partial charge in [0.05, 0.1) is 0 Å². The van der Waals surface area contributed by atoms with Crippen LogP contribution in [0.5, 0.6) is 0 Å². The van der Waals surface area contributed by atoms with Crippen molar-refractivity contribution in [1.29, 1.82) is 0 Å². The summed E-state index contributed by atoms with van der Waals surface area (Å²) in [7, 11) is 0. The van der Waals surface area contributed by atoms with Crippen LogP contribution in [0.4, 0.5) is 5.69 Å². The molecule has 0 unspecified atom stereocenters. The number of benzene rings is 2. The minimum atomic E-state index is 0. The molecule has 2 aromatic rings. The number of nitrogens with one attached hydrogen (secondary N) is 1. The molecular formula is C16H22ClN3. The standard InChI is InChI=1S/C16H21N3.ClH/c17-11-10-16(18)14-6-8-15(9-7-14)19-12-13-4-2-1-3-5-13;/h1-9,16,19H,10-12,17-18H2;1H/t16-;/m0./s1. The van der Waals surface area contributed by atoms with E-state index in [-0.39, 0.29) is 18.4 Å². The molecule has 0 radical (unpaired) electrons. The molecule has 0 aliphatic rings. The molecule has 0 amide bonds. The van der Waals surface area contributed by atoms with Gasteiger partial charge in [0.15, 0.2) is 0 Å². The van der Waals surface area contributed by atoms with E-state index >= 15 is 0 Å². The largest absolute Gasteiger partial charge is 0.381 e. The SMILES string of the molecule is Cl.NCC[C@H](N)c1ccc(NCc2ccccc2)cc1. The molecule has 0 aliphatic heterocycles. The molecule has 108 valence electrons. The van der Waals surface area contributed by atoms with Gasteiger partial charge in [-0.05, 0) is 36.2 Å². The number of hydrogen-bond acceptors (Lipinski definition) is 3. The van der Waals surface area contributed by atoms with Crippen LogP contribution in [-0.2, 0) is 6.54 Å². The van der Waals surface area contributed by atoms with Crippen LogP contribution in [0.25, 0.3) is 0 Å². The Bertz CT molecular complexity index is 485. The fourth-order valence-corrected chi connectivity index (χ4v) is 1.99. The number of halogens is 1. The lowest BCUT2D eigenvalue weighted by molar-refractivity contribution is 0.661. The summed E-state index contributed by atoms with van der Waals surface area (Å²) in [6, 6.07) is 18.6. The molecule has 0 aliphatic carbocycles. The van der Waals surface area contributed by atoms with Crippen molar-refractivity contribution in [2.24, 2.45) is 11.5 Å². The van der Waals surface area contributed by atoms with Crippen LogP contribution in [0.2, 0.25) is 0 Å². The van der Waals surface area contributed by atoms with Crippen molar-refractivity contribution in [1.82, 2.24) is 0 Å². The second-order valence-corrected chi connectivity index (χ2v) is 4.65. The third-order valence-electron chi connectivity index (χ3n) is 3.16. The fraction of sp³-hybridized carbons (Fsp3) is 0.250. The summed E-state index contributed by atoms with van der Waals surface area (Å²) < 4.78 is 0. The van der Waals surface area contributed by atoms with Gasteiger partial charge in [-0.25, -0.2) is 0 Å². The maximum Gasteiger partial charge on any atom is 0.0400 e. The van der Waals surface area contributed by atoms with Crippen LogP contribution in [0.1, 0.15) is 23.6 Å². The van der Waals surface area contributed by atoms with E-state index in [0.29, 0.717) is 6.54 Å². The molecule has 0 saturated heterocycles. The molecule has 0 fully saturated rings. The summed E-state index contributed by atoms with van der Waals surface area (Å²) in [4.78, 5) is 0. The Morgan fingerprint density at radius 3 is 2.20 bits per heavy atom. The van der Waals surface area contributed by atoms with Crippen molar-refractivity contribution in [2.75, 3.05) is 11.9 Å². The van der Waals surface area contributed by atoms with Gasteiger partial charge in [0, 0.05) is 18.3 Å². The maximum absolute atomic E-state index is 6.02. The van der Waals surface area contributed by atoms with Crippen molar-refractivity contribution in [3.05, 3.63) is 65.7 Å². The van der Waals surface area contributed by atoms with Gasteiger partial charge in [-0.15, -0.1) is 12.4 Å². The van der Waals surface area contributed by atoms with Gasteiger partial charge in [-0.1, -0.05) is 42.5 Å². The molecule has 5 N–H and O–H groups in total. The van der Waals surface area contributed by atoms with Crippen LogP contribution in [0.15, 0.2) is 54.6 Å². The highest BCUT2D eigenvalue weighted by atomic mass is 35.5. The van der Waals surface area contributed by atoms with Gasteiger partial charge in [0.25, 0.3) is 0 Å². The molecule has 3 nitrogen and oxygen atoms in total. The predicted molar refractivity (Wildman–Crippen MR) is 88.1 cm³/mol. The smallest absolute Gasteiger partial charge is 0.0400 e. The molecule has 1 atom stereocenters. The zero-order valence-corrected chi connectivity index (χ0v) is 12.3. The summed E-state index contributed by atoms with van der Waals surface area (Å²) in [6.45, 7) is 1.45. The van der Waals surface area contributed by atoms with Crippen molar-refractivity contribution in [3.63, 3.8) is 0 Å². The maximum atomic E-state index is 6.02. The van der Waals surface area contributed by atoms with E-state index in [9.17, 15) is 0 Å². The Morgan fingerprint density at radius 2 is 1.60 bits per heavy atom. The van der Waals surface area contributed by atoms with Crippen molar-refractivity contribution >= 4 is 18.1 Å². The zero-order valence-electron chi connectivity index (χ0n) is 11.5. The van der Waals surface area contributed by atoms with Crippen LogP contribution in [-0.4, -0.2) is 6.54 Å². The van der Waals surface area contributed by atoms with Crippen LogP contribution >= 0.6 is 12.4 Å². The van der Waals surface area contributed by atoms with Gasteiger partial charge >= 0.3 is 0 Å². The first-order valence-electron chi connectivity index (χ1n) is 6.63. The highest BCUT2D eigenvalue weighted by Crippen LogP contribution is 2.17. The summed E-state index contributed by atoms with van der Waals surface area (Å²) in [5, 5.41) is 3.39. The number of anilines is 1. The van der Waals surface area contributed by atoms with Gasteiger partial charge in [-0.2, -0.15) is 0 Å². The normalized spacial score (nSPS) is 11.5. The quantitative estimate of drug-likeness (QED) is 0.766. The van der Waals surface area contributed by atoms with Crippen LogP contribution < -0.4 is 16.8 Å². The molecule has 2 rings (SSSR count). The second kappa shape index (κ2) is 8.59. The Balaban J connectivity index is 0.00000200. The molecule has 0 heterocycles. The first-order chi connectivity index (χ1) is 9.29. The van der Waals surface area contributed by atoms with Gasteiger partial charge in [0.1, 0.15) is 0 Å². The summed E-state index contributed by atoms with van der Waals surface area (Å²) in [5.41, 5.74) is 15.0. The predicted octanol–water partition coefficient (Wildman–Crippen LogP) is 3.07. The number of hydrogen-bond donors (Lipinski definition) is 3. The number of nitrogens with two attached hydrogens (primary N) is 2. The van der Waals surface area contributed by atoms with Gasteiger partial charge in [0.2, 0.25) is 0 Å². The first kappa shape index (κ1) is 16.5. The summed E-state index contributed by atoms with van der Waals surface area (Å²) in [5.74, 6) is 0. The van der Waals surface area contributed by atoms with E-state index < -0.39 is 0 Å². The van der Waals surface area contributed by atoms with E-state index in [1.54, 1.807) is 0 Å². The van der Waals surface area contributed by atoms with E-state index in [0.717, 1.165) is 24.2 Å². The lowest BCUT2D eigenvalue weighted by Gasteiger charge is -2.12. The molecular weight excluding hydrogens is 270 g/mol. The van der Waals surface area contributed by atoms with E-state index in [4.69, 9.17) is 11.5 Å². The van der Waals surface area contributed by atoms with E-state index in [1.807, 2.05) is 18.2 Å². The summed E-state index contributed by atoms with van der Waals surface area (Å²) >= 11 is 0. The Labute approximate surface area is 126 Å². The van der Waals surface area contributed by atoms with E-state index in [1.165, 1.54) is 5.56 Å². The first-order valence-corrected chi connectivity index (χ1v) is 6.63. The van der Waals surface area contributed by atoms with Crippen molar-refractivity contribution in [2.45, 2.75) is 19.0 Å². The Morgan fingerprint density at radius 1 is 0.950 bits per heavy atom. The second-order valence-electron chi connectivity index (χ2n) is 4.65. The lowest BCUT2D eigenvalue weighted by atomic mass is 10.0. The molecule has 0 saturated carbocycles. The van der Waals surface area contributed by atoms with Crippen molar-refractivity contribution in [3.8, 4) is 0 Å². The Kier molecular flexibility index (Phi) is 7.09. The highest BCUT2D eigenvalue weighted by molar-refractivity contribution is 5.85. The fourth-order valence-electron chi connectivity index (χ4n) is 1.99. The average Bonchev–Trinajstić information content (AvgIpc) is 2.47. The highest BCUT2D eigenvalue weighted by Gasteiger charge is 2.04. The minimum Gasteiger partial charge on any atom is -0.381 e. The van der Waals surface area contributed by atoms with Crippen LogP contribution in [0, 0.1) is 0 Å². The molecule has 0 bridgehead atoms. The molecule has 0 aromatic heterocycles. The van der Waals surface area contributed by atoms with Gasteiger partial charge in [-0.3, -0.25) is 0 Å². The third kappa shape index (κ3) is 4.85. The molecule has 0 spiro atoms. The van der Waals surface area contributed by atoms with E-state index in [2.05, 4.69) is 41.7 Å². The Hall–Kier alpha value is -1.55. The number of rotatable bonds is 6. The average molecular weight is 292 g/mol. The molecule has 4 heteroatoms. The molecule has 2 aromatic carbocycles. The minimum absolute atomic E-state index is 0. The zero-order chi connectivity index (χ0) is 13.5. The topological polar surface area (TPSA) is 64.1 Å². The third-order valence-corrected chi connectivity index (χ3v) is 3.16. The van der Waals surface area contributed by atoms with Crippen LogP contribution in [0.3, 0.4) is 0 Å². The summed E-state index contributed by atoms with van der Waals surface area (Å²) in [6.07, 6.45) is 0.816. The van der Waals surface area contributed by atoms with Crippen molar-refractivity contribution < 1.29 is 0 Å².